The fourth-order valence-electron chi connectivity index (χ4n) is 2.53. The van der Waals surface area contributed by atoms with Gasteiger partial charge in [0.15, 0.2) is 22.9 Å². The molecule has 2 aromatic rings. The Bertz CT molecular complexity index is 761. The van der Waals surface area contributed by atoms with E-state index >= 15 is 0 Å². The second kappa shape index (κ2) is 5.22. The van der Waals surface area contributed by atoms with Crippen LogP contribution in [0.4, 0.5) is 8.78 Å². The number of carboxylic acid groups (broad SMARTS) is 1. The van der Waals surface area contributed by atoms with Crippen molar-refractivity contribution in [1.82, 2.24) is 0 Å². The van der Waals surface area contributed by atoms with E-state index in [1.54, 1.807) is 30.3 Å². The Morgan fingerprint density at radius 1 is 1.14 bits per heavy atom. The highest BCUT2D eigenvalue weighted by molar-refractivity contribution is 6.36. The predicted octanol–water partition coefficient (Wildman–Crippen LogP) is 3.07. The molecular weight excluding hydrogens is 292 g/mol. The van der Waals surface area contributed by atoms with Crippen LogP contribution in [0.2, 0.25) is 0 Å². The number of hydrogen-bond acceptors (Lipinski definition) is 3. The fraction of sp³-hybridized carbons (Fsp3) is 0.125. The summed E-state index contributed by atoms with van der Waals surface area (Å²) in [5.41, 5.74) is -1.31. The molecule has 0 spiro atoms. The first kappa shape index (κ1) is 14.2. The maximum atomic E-state index is 14.3. The van der Waals surface area contributed by atoms with Crippen LogP contribution in [0.3, 0.4) is 0 Å². The molecule has 0 saturated carbocycles. The quantitative estimate of drug-likeness (QED) is 0.948. The number of carbonyl (C=O) groups is 1. The van der Waals surface area contributed by atoms with Gasteiger partial charge in [0.2, 0.25) is 0 Å². The Morgan fingerprint density at radius 3 is 2.50 bits per heavy atom. The minimum Gasteiger partial charge on any atom is -0.477 e. The minimum absolute atomic E-state index is 0.0845. The Hall–Kier alpha value is -2.76. The van der Waals surface area contributed by atoms with Crippen molar-refractivity contribution in [3.63, 3.8) is 0 Å². The minimum atomic E-state index is -1.48. The third kappa shape index (κ3) is 2.13. The van der Waals surface area contributed by atoms with Gasteiger partial charge in [0, 0.05) is 11.1 Å². The van der Waals surface area contributed by atoms with Gasteiger partial charge in [-0.1, -0.05) is 47.6 Å². The maximum Gasteiger partial charge on any atom is 0.353 e. The number of oxime groups is 1. The van der Waals surface area contributed by atoms with Crippen LogP contribution in [-0.2, 0) is 15.2 Å². The van der Waals surface area contributed by atoms with E-state index in [-0.39, 0.29) is 17.7 Å². The molecule has 0 saturated heterocycles. The molecule has 1 aliphatic heterocycles. The van der Waals surface area contributed by atoms with Crippen LogP contribution < -0.4 is 0 Å². The molecule has 1 unspecified atom stereocenters. The molecule has 22 heavy (non-hydrogen) atoms. The van der Waals surface area contributed by atoms with Crippen molar-refractivity contribution in [2.24, 2.45) is 5.16 Å². The average molecular weight is 303 g/mol. The van der Waals surface area contributed by atoms with Crippen molar-refractivity contribution in [2.75, 3.05) is 0 Å². The van der Waals surface area contributed by atoms with E-state index < -0.39 is 23.2 Å². The molecule has 1 atom stereocenters. The molecule has 0 fully saturated rings. The molecule has 0 aliphatic carbocycles. The topological polar surface area (TPSA) is 58.9 Å². The normalized spacial score (nSPS) is 20.4. The Balaban J connectivity index is 2.18. The standard InChI is InChI=1S/C16H11F2NO3/c17-12-8-4-7-11(14(12)18)16(10-5-2-1-3-6-10)9-13(15(20)21)19-22-16/h1-8H,9H2,(H,20,21). The summed E-state index contributed by atoms with van der Waals surface area (Å²) < 4.78 is 27.8. The molecule has 0 amide bonds. The predicted molar refractivity (Wildman–Crippen MR) is 74.4 cm³/mol. The summed E-state index contributed by atoms with van der Waals surface area (Å²) >= 11 is 0. The van der Waals surface area contributed by atoms with Crippen molar-refractivity contribution >= 4 is 11.7 Å². The Morgan fingerprint density at radius 2 is 1.86 bits per heavy atom. The van der Waals surface area contributed by atoms with Crippen LogP contribution in [0.25, 0.3) is 0 Å². The lowest BCUT2D eigenvalue weighted by molar-refractivity contribution is -0.129. The summed E-state index contributed by atoms with van der Waals surface area (Å²) in [5, 5.41) is 12.6. The molecule has 3 rings (SSSR count). The summed E-state index contributed by atoms with van der Waals surface area (Å²) in [7, 11) is 0. The van der Waals surface area contributed by atoms with Crippen LogP contribution in [0.1, 0.15) is 17.5 Å². The lowest BCUT2D eigenvalue weighted by Gasteiger charge is -2.28. The van der Waals surface area contributed by atoms with Gasteiger partial charge in [-0.25, -0.2) is 13.6 Å². The van der Waals surface area contributed by atoms with Gasteiger partial charge in [-0.15, -0.1) is 0 Å². The van der Waals surface area contributed by atoms with E-state index in [0.717, 1.165) is 6.07 Å². The van der Waals surface area contributed by atoms with Gasteiger partial charge < -0.3 is 9.94 Å². The molecule has 1 N–H and O–H groups in total. The second-order valence-electron chi connectivity index (χ2n) is 4.91. The molecule has 0 bridgehead atoms. The van der Waals surface area contributed by atoms with Gasteiger partial charge in [-0.3, -0.25) is 0 Å². The smallest absolute Gasteiger partial charge is 0.353 e. The van der Waals surface area contributed by atoms with Gasteiger partial charge in [0.1, 0.15) is 0 Å². The Labute approximate surface area is 124 Å². The molecule has 112 valence electrons. The van der Waals surface area contributed by atoms with E-state index in [1.165, 1.54) is 12.1 Å². The molecule has 1 heterocycles. The summed E-state index contributed by atoms with van der Waals surface area (Å²) in [4.78, 5) is 16.4. The van der Waals surface area contributed by atoms with Gasteiger partial charge in [0.05, 0.1) is 6.42 Å². The van der Waals surface area contributed by atoms with Gasteiger partial charge in [0.25, 0.3) is 0 Å². The molecular formula is C16H11F2NO3. The van der Waals surface area contributed by atoms with E-state index in [1.807, 2.05) is 0 Å². The first-order chi connectivity index (χ1) is 10.5. The maximum absolute atomic E-state index is 14.3. The third-order valence-corrected chi connectivity index (χ3v) is 3.60. The summed E-state index contributed by atoms with van der Waals surface area (Å²) in [6.07, 6.45) is -0.188. The van der Waals surface area contributed by atoms with E-state index in [4.69, 9.17) is 9.94 Å². The van der Waals surface area contributed by atoms with Gasteiger partial charge >= 0.3 is 5.97 Å². The van der Waals surface area contributed by atoms with E-state index in [2.05, 4.69) is 5.16 Å². The zero-order valence-electron chi connectivity index (χ0n) is 11.3. The first-order valence-corrected chi connectivity index (χ1v) is 6.53. The zero-order chi connectivity index (χ0) is 15.7. The number of carboxylic acids is 1. The zero-order valence-corrected chi connectivity index (χ0v) is 11.3. The highest BCUT2D eigenvalue weighted by atomic mass is 19.2. The SMILES string of the molecule is O=C(O)C1=NOC(c2ccccc2)(c2cccc(F)c2F)C1. The van der Waals surface area contributed by atoms with Crippen molar-refractivity contribution in [3.8, 4) is 0 Å². The lowest BCUT2D eigenvalue weighted by Crippen LogP contribution is -2.30. The molecule has 6 heteroatoms. The lowest BCUT2D eigenvalue weighted by atomic mass is 9.82. The summed E-state index contributed by atoms with van der Waals surface area (Å²) in [6.45, 7) is 0. The van der Waals surface area contributed by atoms with Crippen LogP contribution >= 0.6 is 0 Å². The molecule has 0 radical (unpaired) electrons. The first-order valence-electron chi connectivity index (χ1n) is 6.53. The van der Waals surface area contributed by atoms with Crippen molar-refractivity contribution < 1.29 is 23.5 Å². The molecule has 4 nitrogen and oxygen atoms in total. The second-order valence-corrected chi connectivity index (χ2v) is 4.91. The summed E-state index contributed by atoms with van der Waals surface area (Å²) in [5.74, 6) is -3.36. The van der Waals surface area contributed by atoms with Crippen LogP contribution in [0.5, 0.6) is 0 Å². The number of benzene rings is 2. The van der Waals surface area contributed by atoms with E-state index in [9.17, 15) is 13.6 Å². The number of rotatable bonds is 3. The number of aliphatic carboxylic acids is 1. The summed E-state index contributed by atoms with van der Waals surface area (Å²) in [6, 6.07) is 12.2. The number of hydrogen-bond donors (Lipinski definition) is 1. The van der Waals surface area contributed by atoms with Gasteiger partial charge in [-0.2, -0.15) is 0 Å². The third-order valence-electron chi connectivity index (χ3n) is 3.60. The highest BCUT2D eigenvalue weighted by Gasteiger charge is 2.46. The van der Waals surface area contributed by atoms with Crippen molar-refractivity contribution in [3.05, 3.63) is 71.3 Å². The van der Waals surface area contributed by atoms with Crippen LogP contribution in [0, 0.1) is 11.6 Å². The average Bonchev–Trinajstić information content (AvgIpc) is 2.97. The molecule has 0 aromatic heterocycles. The van der Waals surface area contributed by atoms with E-state index in [0.29, 0.717) is 5.56 Å². The van der Waals surface area contributed by atoms with Gasteiger partial charge in [-0.05, 0) is 6.07 Å². The Kier molecular flexibility index (Phi) is 3.36. The van der Waals surface area contributed by atoms with Crippen LogP contribution in [-0.4, -0.2) is 16.8 Å². The molecule has 1 aliphatic rings. The largest absolute Gasteiger partial charge is 0.477 e. The van der Waals surface area contributed by atoms with Crippen LogP contribution in [0.15, 0.2) is 53.7 Å². The molecule has 2 aromatic carbocycles. The number of halogens is 2. The number of nitrogens with zero attached hydrogens (tertiary/aromatic N) is 1. The fourth-order valence-corrected chi connectivity index (χ4v) is 2.53. The van der Waals surface area contributed by atoms with Crippen molar-refractivity contribution in [1.29, 1.82) is 0 Å². The van der Waals surface area contributed by atoms with Crippen molar-refractivity contribution in [2.45, 2.75) is 12.0 Å². The monoisotopic (exact) mass is 303 g/mol. The highest BCUT2D eigenvalue weighted by Crippen LogP contribution is 2.42.